The quantitative estimate of drug-likeness (QED) is 0.558. The van der Waals surface area contributed by atoms with Gasteiger partial charge in [-0.3, -0.25) is 0 Å². The van der Waals surface area contributed by atoms with Crippen molar-refractivity contribution in [3.63, 3.8) is 0 Å². The number of fused-ring (bicyclic) bond motifs is 1. The Morgan fingerprint density at radius 2 is 2.24 bits per heavy atom. The number of thiocarbonyl (C=S) groups is 1. The van der Waals surface area contributed by atoms with Crippen LogP contribution < -0.4 is 5.32 Å². The topological polar surface area (TPSA) is 74.3 Å². The lowest BCUT2D eigenvalue weighted by Gasteiger charge is -2.15. The second-order valence-corrected chi connectivity index (χ2v) is 5.18. The Morgan fingerprint density at radius 1 is 1.48 bits per heavy atom. The third-order valence-corrected chi connectivity index (χ3v) is 3.62. The van der Waals surface area contributed by atoms with Crippen molar-refractivity contribution in [1.82, 2.24) is 10.3 Å². The number of benzene rings is 1. The van der Waals surface area contributed by atoms with Crippen molar-refractivity contribution < 1.29 is 14.6 Å². The summed E-state index contributed by atoms with van der Waals surface area (Å²) in [6, 6.07) is 7.26. The van der Waals surface area contributed by atoms with Gasteiger partial charge in [0.05, 0.1) is 18.7 Å². The van der Waals surface area contributed by atoms with Gasteiger partial charge in [-0.25, -0.2) is 4.79 Å². The number of nitrogens with one attached hydrogen (secondary N) is 2. The number of aliphatic hydroxyl groups is 1. The van der Waals surface area contributed by atoms with E-state index in [4.69, 9.17) is 17.3 Å². The van der Waals surface area contributed by atoms with Gasteiger partial charge in [0, 0.05) is 23.5 Å². The summed E-state index contributed by atoms with van der Waals surface area (Å²) >= 11 is 5.22. The summed E-state index contributed by atoms with van der Waals surface area (Å²) in [4.78, 5) is 15.1. The van der Waals surface area contributed by atoms with Gasteiger partial charge in [0.15, 0.2) is 0 Å². The molecule has 0 bridgehead atoms. The monoisotopic (exact) mass is 306 g/mol. The molecular formula is C15H18N2O3S. The van der Waals surface area contributed by atoms with E-state index in [1.54, 1.807) is 0 Å². The van der Waals surface area contributed by atoms with Crippen molar-refractivity contribution in [1.29, 1.82) is 0 Å². The summed E-state index contributed by atoms with van der Waals surface area (Å²) in [6.07, 6.45) is 3.33. The standard InChI is InChI=1S/C15H18N2O3S/c1-20-15(19)13(9-18)17-14(21)7-6-10-8-16-12-5-3-2-4-11(10)12/h2-5,8,13,16,18H,6-7,9H2,1H3,(H,17,21)/t13-/m0/s1. The molecule has 0 fully saturated rings. The van der Waals surface area contributed by atoms with Gasteiger partial charge in [0.25, 0.3) is 0 Å². The molecule has 0 radical (unpaired) electrons. The minimum absolute atomic E-state index is 0.347. The lowest BCUT2D eigenvalue weighted by Crippen LogP contribution is -2.43. The van der Waals surface area contributed by atoms with Gasteiger partial charge in [-0.1, -0.05) is 30.4 Å². The highest BCUT2D eigenvalue weighted by atomic mass is 32.1. The smallest absolute Gasteiger partial charge is 0.330 e. The molecule has 0 saturated carbocycles. The van der Waals surface area contributed by atoms with E-state index >= 15 is 0 Å². The number of H-pyrrole nitrogens is 1. The van der Waals surface area contributed by atoms with E-state index in [9.17, 15) is 4.79 Å². The largest absolute Gasteiger partial charge is 0.467 e. The van der Waals surface area contributed by atoms with Crippen molar-refractivity contribution in [2.45, 2.75) is 18.9 Å². The first-order valence-electron chi connectivity index (χ1n) is 6.68. The predicted octanol–water partition coefficient (Wildman–Crippen LogP) is 1.55. The number of aliphatic hydroxyl groups excluding tert-OH is 1. The van der Waals surface area contributed by atoms with Crippen LogP contribution in [-0.2, 0) is 16.0 Å². The van der Waals surface area contributed by atoms with E-state index in [0.29, 0.717) is 11.4 Å². The van der Waals surface area contributed by atoms with Crippen LogP contribution in [0.1, 0.15) is 12.0 Å². The number of aromatic nitrogens is 1. The molecule has 6 heteroatoms. The average Bonchev–Trinajstić information content (AvgIpc) is 2.93. The molecule has 0 unspecified atom stereocenters. The summed E-state index contributed by atoms with van der Waals surface area (Å²) in [6.45, 7) is -0.347. The average molecular weight is 306 g/mol. The zero-order valence-electron chi connectivity index (χ0n) is 11.8. The van der Waals surface area contributed by atoms with Gasteiger partial charge in [-0.2, -0.15) is 0 Å². The predicted molar refractivity (Wildman–Crippen MR) is 85.2 cm³/mol. The molecule has 0 aliphatic rings. The van der Waals surface area contributed by atoms with Crippen LogP contribution in [0.25, 0.3) is 10.9 Å². The molecule has 2 aromatic rings. The van der Waals surface area contributed by atoms with Crippen LogP contribution in [0.5, 0.6) is 0 Å². The number of aryl methyl sites for hydroxylation is 1. The van der Waals surface area contributed by atoms with E-state index in [1.165, 1.54) is 18.1 Å². The van der Waals surface area contributed by atoms with Gasteiger partial charge >= 0.3 is 5.97 Å². The fraction of sp³-hybridized carbons (Fsp3) is 0.333. The fourth-order valence-electron chi connectivity index (χ4n) is 2.17. The number of ether oxygens (including phenoxy) is 1. The molecule has 1 aromatic carbocycles. The van der Waals surface area contributed by atoms with Crippen LogP contribution in [0.4, 0.5) is 0 Å². The molecule has 0 saturated heterocycles. The van der Waals surface area contributed by atoms with E-state index in [-0.39, 0.29) is 6.61 Å². The molecule has 1 aromatic heterocycles. The summed E-state index contributed by atoms with van der Waals surface area (Å²) < 4.78 is 4.59. The molecule has 21 heavy (non-hydrogen) atoms. The molecule has 2 rings (SSSR count). The molecule has 0 aliphatic carbocycles. The van der Waals surface area contributed by atoms with Crippen molar-refractivity contribution in [2.24, 2.45) is 0 Å². The number of para-hydroxylation sites is 1. The molecule has 112 valence electrons. The van der Waals surface area contributed by atoms with Gasteiger partial charge < -0.3 is 20.1 Å². The lowest BCUT2D eigenvalue weighted by molar-refractivity contribution is -0.143. The van der Waals surface area contributed by atoms with Gasteiger partial charge in [0.1, 0.15) is 6.04 Å². The van der Waals surface area contributed by atoms with Crippen molar-refractivity contribution in [3.8, 4) is 0 Å². The fourth-order valence-corrected chi connectivity index (χ4v) is 2.42. The number of hydrogen-bond acceptors (Lipinski definition) is 4. The highest BCUT2D eigenvalue weighted by Gasteiger charge is 2.18. The second kappa shape index (κ2) is 7.19. The molecule has 0 spiro atoms. The Morgan fingerprint density at radius 3 is 2.95 bits per heavy atom. The van der Waals surface area contributed by atoms with Crippen molar-refractivity contribution in [3.05, 3.63) is 36.0 Å². The maximum atomic E-state index is 11.4. The normalized spacial score (nSPS) is 12.1. The third-order valence-electron chi connectivity index (χ3n) is 3.30. The number of hydrogen-bond donors (Lipinski definition) is 3. The van der Waals surface area contributed by atoms with Gasteiger partial charge in [-0.15, -0.1) is 0 Å². The molecule has 1 atom stereocenters. The van der Waals surface area contributed by atoms with Crippen LogP contribution in [0.15, 0.2) is 30.5 Å². The number of rotatable bonds is 6. The van der Waals surface area contributed by atoms with Crippen molar-refractivity contribution >= 4 is 34.1 Å². The van der Waals surface area contributed by atoms with E-state index < -0.39 is 12.0 Å². The molecular weight excluding hydrogens is 288 g/mol. The molecule has 0 aliphatic heterocycles. The third kappa shape index (κ3) is 3.80. The Balaban J connectivity index is 1.93. The number of carbonyl (C=O) groups is 1. The zero-order chi connectivity index (χ0) is 15.2. The first-order valence-corrected chi connectivity index (χ1v) is 7.09. The first kappa shape index (κ1) is 15.5. The maximum Gasteiger partial charge on any atom is 0.330 e. The summed E-state index contributed by atoms with van der Waals surface area (Å²) in [7, 11) is 1.28. The maximum absolute atomic E-state index is 11.4. The Hall–Kier alpha value is -1.92. The number of esters is 1. The summed E-state index contributed by atoms with van der Waals surface area (Å²) in [5, 5.41) is 13.1. The van der Waals surface area contributed by atoms with Crippen molar-refractivity contribution in [2.75, 3.05) is 13.7 Å². The second-order valence-electron chi connectivity index (χ2n) is 4.69. The van der Waals surface area contributed by atoms with E-state index in [0.717, 1.165) is 11.9 Å². The Labute approximate surface area is 128 Å². The highest BCUT2D eigenvalue weighted by Crippen LogP contribution is 2.19. The molecule has 5 nitrogen and oxygen atoms in total. The SMILES string of the molecule is COC(=O)[C@H](CO)NC(=S)CCc1c[nH]c2ccccc12. The number of carbonyl (C=O) groups excluding carboxylic acids is 1. The van der Waals surface area contributed by atoms with Crippen LogP contribution in [-0.4, -0.2) is 40.8 Å². The van der Waals surface area contributed by atoms with Gasteiger partial charge in [0.2, 0.25) is 0 Å². The zero-order valence-corrected chi connectivity index (χ0v) is 12.6. The molecule has 0 amide bonds. The minimum atomic E-state index is -0.800. The van der Waals surface area contributed by atoms with E-state index in [2.05, 4.69) is 21.1 Å². The molecule has 1 heterocycles. The Bertz CT molecular complexity index is 639. The van der Waals surface area contributed by atoms with Crippen LogP contribution in [0.2, 0.25) is 0 Å². The van der Waals surface area contributed by atoms with Crippen LogP contribution in [0.3, 0.4) is 0 Å². The van der Waals surface area contributed by atoms with E-state index in [1.807, 2.05) is 24.4 Å². The summed E-state index contributed by atoms with van der Waals surface area (Å²) in [5.74, 6) is -0.521. The first-order chi connectivity index (χ1) is 10.2. The highest BCUT2D eigenvalue weighted by molar-refractivity contribution is 7.80. The van der Waals surface area contributed by atoms with Crippen LogP contribution >= 0.6 is 12.2 Å². The minimum Gasteiger partial charge on any atom is -0.467 e. The molecule has 3 N–H and O–H groups in total. The Kier molecular flexibility index (Phi) is 5.30. The van der Waals surface area contributed by atoms with Gasteiger partial charge in [-0.05, 0) is 18.1 Å². The summed E-state index contributed by atoms with van der Waals surface area (Å²) in [5.41, 5.74) is 2.27. The number of methoxy groups -OCH3 is 1. The number of aromatic amines is 1. The van der Waals surface area contributed by atoms with Crippen LogP contribution in [0, 0.1) is 0 Å². The lowest BCUT2D eigenvalue weighted by atomic mass is 10.1.